The molecule has 2 aliphatic rings. The Morgan fingerprint density at radius 1 is 1.42 bits per heavy atom. The van der Waals surface area contributed by atoms with Crippen molar-refractivity contribution in [2.75, 3.05) is 12.3 Å². The molecule has 2 heterocycles. The van der Waals surface area contributed by atoms with E-state index in [2.05, 4.69) is 19.1 Å². The van der Waals surface area contributed by atoms with Gasteiger partial charge in [0, 0.05) is 29.3 Å². The van der Waals surface area contributed by atoms with Crippen LogP contribution in [0.1, 0.15) is 31.2 Å². The summed E-state index contributed by atoms with van der Waals surface area (Å²) < 4.78 is 0. The molecule has 102 valence electrons. The van der Waals surface area contributed by atoms with Crippen LogP contribution in [-0.2, 0) is 4.79 Å². The number of carbonyl (C=O) groups is 1. The maximum atomic E-state index is 12.8. The molecule has 2 N–H and O–H groups in total. The van der Waals surface area contributed by atoms with Crippen molar-refractivity contribution in [1.29, 1.82) is 0 Å². The molecular weight excluding hydrogens is 256 g/mol. The molecule has 1 saturated heterocycles. The Labute approximate surface area is 118 Å². The molecule has 0 aromatic heterocycles. The number of piperidine rings is 1. The number of thioether (sulfide) groups is 1. The van der Waals surface area contributed by atoms with Crippen molar-refractivity contribution in [3.63, 3.8) is 0 Å². The summed E-state index contributed by atoms with van der Waals surface area (Å²) >= 11 is 1.80. The average molecular weight is 276 g/mol. The van der Waals surface area contributed by atoms with Gasteiger partial charge in [-0.1, -0.05) is 18.2 Å². The van der Waals surface area contributed by atoms with Crippen LogP contribution in [-0.4, -0.2) is 35.2 Å². The lowest BCUT2D eigenvalue weighted by atomic mass is 9.94. The van der Waals surface area contributed by atoms with Crippen molar-refractivity contribution >= 4 is 17.7 Å². The second kappa shape index (κ2) is 5.17. The van der Waals surface area contributed by atoms with Gasteiger partial charge < -0.3 is 10.6 Å². The van der Waals surface area contributed by atoms with Gasteiger partial charge in [-0.05, 0) is 31.4 Å². The molecule has 0 radical (unpaired) electrons. The monoisotopic (exact) mass is 276 g/mol. The maximum Gasteiger partial charge on any atom is 0.231 e. The van der Waals surface area contributed by atoms with E-state index in [1.54, 1.807) is 11.8 Å². The molecule has 0 saturated carbocycles. The lowest BCUT2D eigenvalue weighted by Crippen LogP contribution is -2.49. The van der Waals surface area contributed by atoms with Crippen molar-refractivity contribution in [3.8, 4) is 0 Å². The third-order valence-corrected chi connectivity index (χ3v) is 5.38. The zero-order valence-electron chi connectivity index (χ0n) is 11.2. The quantitative estimate of drug-likeness (QED) is 0.855. The van der Waals surface area contributed by atoms with Crippen molar-refractivity contribution in [2.24, 2.45) is 5.73 Å². The van der Waals surface area contributed by atoms with E-state index in [1.807, 2.05) is 17.0 Å². The fourth-order valence-electron chi connectivity index (χ4n) is 3.10. The third kappa shape index (κ3) is 2.39. The van der Waals surface area contributed by atoms with Crippen LogP contribution in [0.25, 0.3) is 0 Å². The summed E-state index contributed by atoms with van der Waals surface area (Å²) in [4.78, 5) is 16.1. The third-order valence-electron chi connectivity index (χ3n) is 4.20. The first-order valence-corrected chi connectivity index (χ1v) is 7.93. The molecule has 19 heavy (non-hydrogen) atoms. The number of nitrogens with zero attached hydrogens (tertiary/aromatic N) is 1. The fraction of sp³-hybridized carbons (Fsp3) is 0.533. The molecule has 2 aliphatic heterocycles. The number of rotatable bonds is 1. The van der Waals surface area contributed by atoms with E-state index in [0.29, 0.717) is 0 Å². The predicted octanol–water partition coefficient (Wildman–Crippen LogP) is 2.21. The Morgan fingerprint density at radius 3 is 3.00 bits per heavy atom. The SMILES string of the molecule is C[C@@H]1C[C@@H](N)CCN1C(=O)[C@H]1CSc2ccccc21. The highest BCUT2D eigenvalue weighted by Crippen LogP contribution is 2.40. The van der Waals surface area contributed by atoms with Crippen LogP contribution >= 0.6 is 11.8 Å². The lowest BCUT2D eigenvalue weighted by Gasteiger charge is -2.37. The first-order chi connectivity index (χ1) is 9.16. The van der Waals surface area contributed by atoms with Crippen LogP contribution in [0.5, 0.6) is 0 Å². The van der Waals surface area contributed by atoms with Crippen LogP contribution in [0.2, 0.25) is 0 Å². The van der Waals surface area contributed by atoms with Crippen LogP contribution < -0.4 is 5.73 Å². The zero-order valence-corrected chi connectivity index (χ0v) is 12.0. The molecule has 3 atom stereocenters. The molecule has 1 fully saturated rings. The number of nitrogens with two attached hydrogens (primary N) is 1. The minimum atomic E-state index is 0.0398. The Kier molecular flexibility index (Phi) is 3.54. The summed E-state index contributed by atoms with van der Waals surface area (Å²) in [6.45, 7) is 2.93. The second-order valence-corrected chi connectivity index (χ2v) is 6.63. The first kappa shape index (κ1) is 13.0. The molecule has 0 unspecified atom stereocenters. The molecule has 0 bridgehead atoms. The molecule has 0 aliphatic carbocycles. The van der Waals surface area contributed by atoms with E-state index < -0.39 is 0 Å². The Bertz CT molecular complexity index is 491. The Balaban J connectivity index is 1.78. The standard InChI is InChI=1S/C15H20N2OS/c1-10-8-11(16)6-7-17(10)15(18)13-9-19-14-5-3-2-4-12(13)14/h2-5,10-11,13H,6-9,16H2,1H3/t10-,11+,13+/m1/s1. The van der Waals surface area contributed by atoms with Crippen molar-refractivity contribution in [3.05, 3.63) is 29.8 Å². The molecule has 4 heteroatoms. The lowest BCUT2D eigenvalue weighted by molar-refractivity contribution is -0.135. The highest BCUT2D eigenvalue weighted by molar-refractivity contribution is 7.99. The van der Waals surface area contributed by atoms with Gasteiger partial charge in [-0.2, -0.15) is 0 Å². The van der Waals surface area contributed by atoms with Crippen LogP contribution in [0.15, 0.2) is 29.2 Å². The van der Waals surface area contributed by atoms with Crippen LogP contribution in [0, 0.1) is 0 Å². The van der Waals surface area contributed by atoms with E-state index in [-0.39, 0.29) is 23.9 Å². The fourth-order valence-corrected chi connectivity index (χ4v) is 4.32. The topological polar surface area (TPSA) is 46.3 Å². The number of amides is 1. The van der Waals surface area contributed by atoms with Crippen LogP contribution in [0.3, 0.4) is 0 Å². The molecular formula is C15H20N2OS. The Hall–Kier alpha value is -1.00. The van der Waals surface area contributed by atoms with Gasteiger partial charge in [0.15, 0.2) is 0 Å². The molecule has 1 amide bonds. The van der Waals surface area contributed by atoms with Gasteiger partial charge >= 0.3 is 0 Å². The maximum absolute atomic E-state index is 12.8. The highest BCUT2D eigenvalue weighted by atomic mass is 32.2. The van der Waals surface area contributed by atoms with Gasteiger partial charge in [-0.25, -0.2) is 0 Å². The number of hydrogen-bond acceptors (Lipinski definition) is 3. The minimum absolute atomic E-state index is 0.0398. The number of benzene rings is 1. The Morgan fingerprint density at radius 2 is 2.21 bits per heavy atom. The van der Waals surface area contributed by atoms with E-state index in [9.17, 15) is 4.79 Å². The van der Waals surface area contributed by atoms with Crippen molar-refractivity contribution in [2.45, 2.75) is 42.7 Å². The second-order valence-electron chi connectivity index (χ2n) is 5.57. The van der Waals surface area contributed by atoms with E-state index in [0.717, 1.165) is 25.1 Å². The summed E-state index contributed by atoms with van der Waals surface area (Å²) in [5.41, 5.74) is 7.18. The number of likely N-dealkylation sites (tertiary alicyclic amines) is 1. The summed E-state index contributed by atoms with van der Waals surface area (Å²) in [6, 6.07) is 8.81. The predicted molar refractivity (Wildman–Crippen MR) is 78.3 cm³/mol. The molecule has 3 nitrogen and oxygen atoms in total. The number of fused-ring (bicyclic) bond motifs is 1. The van der Waals surface area contributed by atoms with Crippen molar-refractivity contribution in [1.82, 2.24) is 4.90 Å². The summed E-state index contributed by atoms with van der Waals surface area (Å²) in [5, 5.41) is 0. The zero-order chi connectivity index (χ0) is 13.4. The summed E-state index contributed by atoms with van der Waals surface area (Å²) in [6.07, 6.45) is 1.85. The van der Waals surface area contributed by atoms with Gasteiger partial charge in [-0.15, -0.1) is 11.8 Å². The molecule has 0 spiro atoms. The van der Waals surface area contributed by atoms with Crippen molar-refractivity contribution < 1.29 is 4.79 Å². The van der Waals surface area contributed by atoms with Gasteiger partial charge in [0.25, 0.3) is 0 Å². The normalized spacial score (nSPS) is 30.2. The van der Waals surface area contributed by atoms with Crippen LogP contribution in [0.4, 0.5) is 0 Å². The summed E-state index contributed by atoms with van der Waals surface area (Å²) in [7, 11) is 0. The highest BCUT2D eigenvalue weighted by Gasteiger charge is 2.35. The molecule has 3 rings (SSSR count). The van der Waals surface area contributed by atoms with E-state index in [1.165, 1.54) is 10.5 Å². The van der Waals surface area contributed by atoms with E-state index >= 15 is 0 Å². The minimum Gasteiger partial charge on any atom is -0.339 e. The molecule has 1 aromatic carbocycles. The van der Waals surface area contributed by atoms with Gasteiger partial charge in [0.1, 0.15) is 0 Å². The molecule has 1 aromatic rings. The van der Waals surface area contributed by atoms with E-state index in [4.69, 9.17) is 5.73 Å². The van der Waals surface area contributed by atoms with Gasteiger partial charge in [0.05, 0.1) is 5.92 Å². The summed E-state index contributed by atoms with van der Waals surface area (Å²) in [5.74, 6) is 1.21. The smallest absolute Gasteiger partial charge is 0.231 e. The largest absolute Gasteiger partial charge is 0.339 e. The number of hydrogen-bond donors (Lipinski definition) is 1. The average Bonchev–Trinajstić information content (AvgIpc) is 2.82. The van der Waals surface area contributed by atoms with Gasteiger partial charge in [0.2, 0.25) is 5.91 Å². The number of carbonyl (C=O) groups excluding carboxylic acids is 1. The first-order valence-electron chi connectivity index (χ1n) is 6.94. The van der Waals surface area contributed by atoms with Gasteiger partial charge in [-0.3, -0.25) is 4.79 Å².